The number of benzene rings is 2. The first-order valence-electron chi connectivity index (χ1n) is 8.84. The lowest BCUT2D eigenvalue weighted by molar-refractivity contribution is 0.889. The van der Waals surface area contributed by atoms with E-state index in [0.717, 1.165) is 45.3 Å². The van der Waals surface area contributed by atoms with Crippen LogP contribution in [0.1, 0.15) is 18.2 Å². The minimum absolute atomic E-state index is 0.0163. The van der Waals surface area contributed by atoms with E-state index in [1.165, 1.54) is 0 Å². The maximum absolute atomic E-state index is 13.5. The molecule has 0 atom stereocenters. The van der Waals surface area contributed by atoms with Gasteiger partial charge in [0.25, 0.3) is 5.56 Å². The van der Waals surface area contributed by atoms with Crippen molar-refractivity contribution in [2.75, 3.05) is 0 Å². The van der Waals surface area contributed by atoms with Crippen LogP contribution >= 0.6 is 0 Å². The fraction of sp³-hybridized carbons (Fsp3) is 0.130. The van der Waals surface area contributed by atoms with Crippen LogP contribution in [-0.4, -0.2) is 9.55 Å². The molecule has 0 fully saturated rings. The minimum Gasteiger partial charge on any atom is -0.281 e. The highest BCUT2D eigenvalue weighted by Crippen LogP contribution is 2.28. The molecule has 0 unspecified atom stereocenters. The van der Waals surface area contributed by atoms with Crippen molar-refractivity contribution in [1.82, 2.24) is 9.55 Å². The third-order valence-corrected chi connectivity index (χ3v) is 4.69. The Balaban J connectivity index is 2.10. The van der Waals surface area contributed by atoms with Gasteiger partial charge in [0.1, 0.15) is 0 Å². The van der Waals surface area contributed by atoms with Crippen LogP contribution in [0.3, 0.4) is 0 Å². The number of hydrogen-bond donors (Lipinski definition) is 0. The quantitative estimate of drug-likeness (QED) is 0.530. The first-order valence-corrected chi connectivity index (χ1v) is 8.84. The third kappa shape index (κ3) is 2.72. The highest BCUT2D eigenvalue weighted by molar-refractivity contribution is 5.96. The molecular weight excluding hydrogens is 320 g/mol. The van der Waals surface area contributed by atoms with E-state index in [-0.39, 0.29) is 5.56 Å². The summed E-state index contributed by atoms with van der Waals surface area (Å²) >= 11 is 0. The van der Waals surface area contributed by atoms with Gasteiger partial charge in [-0.2, -0.15) is 0 Å². The summed E-state index contributed by atoms with van der Waals surface area (Å²) in [6.07, 6.45) is 4.43. The monoisotopic (exact) mass is 340 g/mol. The molecule has 0 saturated heterocycles. The molecule has 26 heavy (non-hydrogen) atoms. The van der Waals surface area contributed by atoms with Gasteiger partial charge >= 0.3 is 0 Å². The number of aromatic nitrogens is 2. The van der Waals surface area contributed by atoms with Crippen LogP contribution in [0.2, 0.25) is 0 Å². The van der Waals surface area contributed by atoms with Crippen LogP contribution in [0.25, 0.3) is 27.6 Å². The number of pyridine rings is 2. The Hall–Kier alpha value is -3.20. The minimum atomic E-state index is 0.0163. The molecule has 0 amide bonds. The molecule has 0 aliphatic carbocycles. The van der Waals surface area contributed by atoms with Gasteiger partial charge in [0.2, 0.25) is 0 Å². The first-order chi connectivity index (χ1) is 12.7. The van der Waals surface area contributed by atoms with E-state index >= 15 is 0 Å². The molecule has 0 radical (unpaired) electrons. The Kier molecular flexibility index (Phi) is 4.13. The number of rotatable bonds is 3. The van der Waals surface area contributed by atoms with Gasteiger partial charge in [-0.1, -0.05) is 43.3 Å². The van der Waals surface area contributed by atoms with E-state index in [2.05, 4.69) is 24.0 Å². The molecule has 0 aliphatic rings. The molecule has 3 nitrogen and oxygen atoms in total. The van der Waals surface area contributed by atoms with Crippen LogP contribution < -0.4 is 5.56 Å². The zero-order valence-corrected chi connectivity index (χ0v) is 14.9. The molecule has 4 aromatic rings. The lowest BCUT2D eigenvalue weighted by Crippen LogP contribution is -2.22. The second kappa shape index (κ2) is 6.60. The van der Waals surface area contributed by atoms with Crippen molar-refractivity contribution in [2.45, 2.75) is 20.3 Å². The van der Waals surface area contributed by atoms with Crippen LogP contribution in [-0.2, 0) is 6.42 Å². The van der Waals surface area contributed by atoms with Gasteiger partial charge in [-0.05, 0) is 54.1 Å². The molecule has 128 valence electrons. The van der Waals surface area contributed by atoms with Crippen LogP contribution in [0, 0.1) is 6.92 Å². The predicted molar refractivity (Wildman–Crippen MR) is 107 cm³/mol. The number of aryl methyl sites for hydroxylation is 2. The number of nitrogens with zero attached hydrogens (tertiary/aromatic N) is 2. The molecule has 0 spiro atoms. The molecule has 2 aromatic carbocycles. The fourth-order valence-corrected chi connectivity index (χ4v) is 3.48. The smallest absolute Gasteiger partial charge is 0.263 e. The van der Waals surface area contributed by atoms with E-state index in [1.54, 1.807) is 0 Å². The normalized spacial score (nSPS) is 11.0. The number of fused-ring (bicyclic) bond motifs is 1. The molecule has 4 rings (SSSR count). The van der Waals surface area contributed by atoms with E-state index < -0.39 is 0 Å². The van der Waals surface area contributed by atoms with Gasteiger partial charge in [-0.3, -0.25) is 14.3 Å². The topological polar surface area (TPSA) is 34.9 Å². The van der Waals surface area contributed by atoms with Crippen molar-refractivity contribution in [1.29, 1.82) is 0 Å². The molecule has 0 N–H and O–H groups in total. The Morgan fingerprint density at radius 1 is 0.962 bits per heavy atom. The van der Waals surface area contributed by atoms with Gasteiger partial charge in [0, 0.05) is 29.3 Å². The van der Waals surface area contributed by atoms with Crippen molar-refractivity contribution in [3.63, 3.8) is 0 Å². The number of hydrogen-bond acceptors (Lipinski definition) is 2. The maximum Gasteiger partial charge on any atom is 0.263 e. The lowest BCUT2D eigenvalue weighted by Gasteiger charge is -2.15. The molecule has 2 heterocycles. The third-order valence-electron chi connectivity index (χ3n) is 4.69. The van der Waals surface area contributed by atoms with E-state index in [1.807, 2.05) is 72.4 Å². The standard InChI is InChI=1S/C23H20N2O/c1-3-19-13-17-8-7-11-21(18-12-16(2)14-24-15-18)22(17)23(26)25(19)20-9-5-4-6-10-20/h4-15H,3H2,1-2H3. The van der Waals surface area contributed by atoms with Crippen LogP contribution in [0.5, 0.6) is 0 Å². The number of para-hydroxylation sites is 1. The zero-order valence-electron chi connectivity index (χ0n) is 14.9. The summed E-state index contributed by atoms with van der Waals surface area (Å²) in [5.41, 5.74) is 4.89. The lowest BCUT2D eigenvalue weighted by atomic mass is 9.99. The summed E-state index contributed by atoms with van der Waals surface area (Å²) < 4.78 is 1.83. The fourth-order valence-electron chi connectivity index (χ4n) is 3.48. The summed E-state index contributed by atoms with van der Waals surface area (Å²) in [6.45, 7) is 4.09. The van der Waals surface area contributed by atoms with Crippen molar-refractivity contribution < 1.29 is 0 Å². The van der Waals surface area contributed by atoms with Crippen LogP contribution in [0.15, 0.2) is 77.9 Å². The molecule has 2 aromatic heterocycles. The first kappa shape index (κ1) is 16.3. The average Bonchev–Trinajstić information content (AvgIpc) is 2.68. The Morgan fingerprint density at radius 2 is 1.77 bits per heavy atom. The zero-order chi connectivity index (χ0) is 18.1. The summed E-state index contributed by atoms with van der Waals surface area (Å²) in [6, 6.07) is 20.0. The summed E-state index contributed by atoms with van der Waals surface area (Å²) in [5, 5.41) is 1.71. The highest BCUT2D eigenvalue weighted by Gasteiger charge is 2.14. The van der Waals surface area contributed by atoms with E-state index in [0.29, 0.717) is 0 Å². The van der Waals surface area contributed by atoms with Crippen molar-refractivity contribution in [2.24, 2.45) is 0 Å². The molecular formula is C23H20N2O. The summed E-state index contributed by atoms with van der Waals surface area (Å²) in [7, 11) is 0. The van der Waals surface area contributed by atoms with Crippen molar-refractivity contribution in [3.8, 4) is 16.8 Å². The Bertz CT molecular complexity index is 1140. The van der Waals surface area contributed by atoms with Gasteiger partial charge in [0.15, 0.2) is 0 Å². The van der Waals surface area contributed by atoms with Gasteiger partial charge in [-0.25, -0.2) is 0 Å². The van der Waals surface area contributed by atoms with Gasteiger partial charge in [-0.15, -0.1) is 0 Å². The summed E-state index contributed by atoms with van der Waals surface area (Å²) in [5.74, 6) is 0. The van der Waals surface area contributed by atoms with Crippen molar-refractivity contribution in [3.05, 3.63) is 94.7 Å². The van der Waals surface area contributed by atoms with Gasteiger partial charge in [0.05, 0.1) is 5.39 Å². The Morgan fingerprint density at radius 3 is 2.50 bits per heavy atom. The van der Waals surface area contributed by atoms with Gasteiger partial charge < -0.3 is 0 Å². The molecule has 0 saturated carbocycles. The summed E-state index contributed by atoms with van der Waals surface area (Å²) in [4.78, 5) is 17.8. The van der Waals surface area contributed by atoms with E-state index in [4.69, 9.17) is 0 Å². The second-order valence-electron chi connectivity index (χ2n) is 6.49. The second-order valence-corrected chi connectivity index (χ2v) is 6.49. The van der Waals surface area contributed by atoms with Crippen molar-refractivity contribution >= 4 is 10.8 Å². The predicted octanol–water partition coefficient (Wildman–Crippen LogP) is 4.92. The molecule has 3 heteroatoms. The van der Waals surface area contributed by atoms with E-state index in [9.17, 15) is 4.79 Å². The molecule has 0 aliphatic heterocycles. The largest absolute Gasteiger partial charge is 0.281 e. The SMILES string of the molecule is CCc1cc2cccc(-c3cncc(C)c3)c2c(=O)n1-c1ccccc1. The average molecular weight is 340 g/mol. The van der Waals surface area contributed by atoms with Crippen LogP contribution in [0.4, 0.5) is 0 Å². The Labute approximate surface area is 152 Å². The molecule has 0 bridgehead atoms. The highest BCUT2D eigenvalue weighted by atomic mass is 16.1. The maximum atomic E-state index is 13.5.